The molecule has 0 aliphatic carbocycles. The summed E-state index contributed by atoms with van der Waals surface area (Å²) in [7, 11) is 0. The number of halogens is 3. The largest absolute Gasteiger partial charge is 0.451 e. The van der Waals surface area contributed by atoms with Gasteiger partial charge in [0, 0.05) is 31.6 Å². The van der Waals surface area contributed by atoms with Gasteiger partial charge in [0.2, 0.25) is 5.82 Å². The van der Waals surface area contributed by atoms with E-state index in [-0.39, 0.29) is 17.2 Å². The van der Waals surface area contributed by atoms with Gasteiger partial charge in [-0.1, -0.05) is 32.9 Å². The van der Waals surface area contributed by atoms with Crippen LogP contribution < -0.4 is 0 Å². The lowest BCUT2D eigenvalue weighted by atomic mass is 9.92. The van der Waals surface area contributed by atoms with E-state index in [0.29, 0.717) is 33.0 Å². The van der Waals surface area contributed by atoms with Crippen molar-refractivity contribution in [1.29, 1.82) is 0 Å². The van der Waals surface area contributed by atoms with Crippen molar-refractivity contribution in [3.63, 3.8) is 0 Å². The minimum Gasteiger partial charge on any atom is -0.451 e. The molecule has 5 rings (SSSR count). The minimum absolute atomic E-state index is 0.0659. The average molecular weight is 427 g/mol. The Balaban J connectivity index is 1.75. The average Bonchev–Trinajstić information content (AvgIpc) is 3.34. The van der Waals surface area contributed by atoms with Crippen LogP contribution in [0.4, 0.5) is 13.2 Å². The Morgan fingerprint density at radius 2 is 1.68 bits per heavy atom. The number of furan rings is 1. The molecule has 0 amide bonds. The Kier molecular flexibility index (Phi) is 3.64. The lowest BCUT2D eigenvalue weighted by Crippen LogP contribution is -2.10. The van der Waals surface area contributed by atoms with Gasteiger partial charge < -0.3 is 8.83 Å². The molecule has 2 aromatic carbocycles. The first-order chi connectivity index (χ1) is 15.4. The fourth-order valence-electron chi connectivity index (χ4n) is 3.46. The molecular weight excluding hydrogens is 407 g/mol. The number of aromatic nitrogens is 3. The number of para-hydroxylation sites is 1. The highest BCUT2D eigenvalue weighted by molar-refractivity contribution is 6.15. The highest BCUT2D eigenvalue weighted by Gasteiger charge is 2.35. The lowest BCUT2D eigenvalue weighted by Gasteiger charge is -2.14. The Bertz CT molecular complexity index is 1530. The van der Waals surface area contributed by atoms with Gasteiger partial charge in [0.1, 0.15) is 11.1 Å². The molecule has 0 saturated heterocycles. The van der Waals surface area contributed by atoms with Crippen molar-refractivity contribution in [2.24, 2.45) is 5.41 Å². The van der Waals surface area contributed by atoms with Gasteiger partial charge in [0.15, 0.2) is 17.1 Å². The van der Waals surface area contributed by atoms with Crippen LogP contribution in [0.1, 0.15) is 35.2 Å². The highest BCUT2D eigenvalue weighted by atomic mass is 19.4. The molecular formula is C23H18F3N3O2. The van der Waals surface area contributed by atoms with Crippen LogP contribution in [0.5, 0.6) is 0 Å². The zero-order valence-corrected chi connectivity index (χ0v) is 16.8. The third-order valence-electron chi connectivity index (χ3n) is 4.69. The molecule has 31 heavy (non-hydrogen) atoms. The summed E-state index contributed by atoms with van der Waals surface area (Å²) < 4.78 is 68.2. The van der Waals surface area contributed by atoms with Crippen molar-refractivity contribution in [2.45, 2.75) is 33.3 Å². The normalized spacial score (nSPS) is 14.4. The number of fused-ring (bicyclic) bond motifs is 5. The summed E-state index contributed by atoms with van der Waals surface area (Å²) in [5.74, 6) is -1.30. The molecule has 0 aliphatic rings. The van der Waals surface area contributed by atoms with Gasteiger partial charge in [-0.3, -0.25) is 0 Å². The number of nitrogens with zero attached hydrogens (tertiary/aromatic N) is 3. The van der Waals surface area contributed by atoms with Crippen molar-refractivity contribution in [1.82, 2.24) is 15.0 Å². The number of oxazole rings is 1. The van der Waals surface area contributed by atoms with Crippen LogP contribution in [0, 0.1) is 5.41 Å². The van der Waals surface area contributed by atoms with Crippen LogP contribution in [-0.2, 0) is 12.5 Å². The van der Waals surface area contributed by atoms with Gasteiger partial charge >= 0.3 is 6.18 Å². The highest BCUT2D eigenvalue weighted by Crippen LogP contribution is 2.39. The van der Waals surface area contributed by atoms with Crippen LogP contribution in [0.3, 0.4) is 0 Å². The molecule has 0 aliphatic heterocycles. The zero-order chi connectivity index (χ0) is 23.8. The van der Waals surface area contributed by atoms with Gasteiger partial charge in [0.05, 0.1) is 5.69 Å². The van der Waals surface area contributed by atoms with Crippen molar-refractivity contribution in [3.05, 3.63) is 54.3 Å². The van der Waals surface area contributed by atoms with Crippen LogP contribution in [0.2, 0.25) is 0 Å². The van der Waals surface area contributed by atoms with Gasteiger partial charge in [-0.2, -0.15) is 13.2 Å². The maximum absolute atomic E-state index is 13.1. The van der Waals surface area contributed by atoms with E-state index in [1.54, 1.807) is 51.1 Å². The first kappa shape index (κ1) is 17.3. The van der Waals surface area contributed by atoms with Gasteiger partial charge in [0.25, 0.3) is 0 Å². The summed E-state index contributed by atoms with van der Waals surface area (Å²) >= 11 is 0. The Morgan fingerprint density at radius 3 is 2.42 bits per heavy atom. The summed E-state index contributed by atoms with van der Waals surface area (Å²) in [6, 6.07) is 9.97. The smallest absolute Gasteiger partial charge is 0.451 e. The molecule has 0 N–H and O–H groups in total. The molecule has 0 unspecified atom stereocenters. The molecule has 158 valence electrons. The maximum Gasteiger partial charge on any atom is 0.451 e. The molecule has 8 heteroatoms. The second-order valence-corrected chi connectivity index (χ2v) is 8.23. The quantitative estimate of drug-likeness (QED) is 0.310. The molecule has 0 fully saturated rings. The second kappa shape index (κ2) is 6.54. The third kappa shape index (κ3) is 3.41. The van der Waals surface area contributed by atoms with E-state index in [4.69, 9.17) is 11.6 Å². The molecule has 0 radical (unpaired) electrons. The summed E-state index contributed by atoms with van der Waals surface area (Å²) in [5, 5.41) is 1.33. The molecule has 0 spiro atoms. The van der Waals surface area contributed by atoms with E-state index in [1.807, 2.05) is 0 Å². The van der Waals surface area contributed by atoms with Crippen molar-refractivity contribution in [3.8, 4) is 11.3 Å². The number of alkyl halides is 3. The monoisotopic (exact) mass is 427 g/mol. The van der Waals surface area contributed by atoms with E-state index in [2.05, 4.69) is 15.0 Å². The van der Waals surface area contributed by atoms with Gasteiger partial charge in [-0.05, 0) is 29.7 Å². The van der Waals surface area contributed by atoms with Gasteiger partial charge in [-0.15, -0.1) is 0 Å². The maximum atomic E-state index is 13.1. The molecule has 0 saturated carbocycles. The number of hydrogen-bond acceptors (Lipinski definition) is 5. The number of hydrogen-bond donors (Lipinski definition) is 0. The fourth-order valence-corrected chi connectivity index (χ4v) is 3.46. The van der Waals surface area contributed by atoms with E-state index in [0.717, 1.165) is 6.20 Å². The Morgan fingerprint density at radius 1 is 0.903 bits per heavy atom. The van der Waals surface area contributed by atoms with Crippen molar-refractivity contribution < 1.29 is 24.7 Å². The Labute approximate surface area is 177 Å². The third-order valence-corrected chi connectivity index (χ3v) is 4.69. The topological polar surface area (TPSA) is 65.0 Å². The molecule has 0 bridgehead atoms. The summed E-state index contributed by atoms with van der Waals surface area (Å²) in [4.78, 5) is 11.3. The van der Waals surface area contributed by atoms with Crippen LogP contribution in [0.15, 0.2) is 51.4 Å². The molecule has 5 nitrogen and oxygen atoms in total. The summed E-state index contributed by atoms with van der Waals surface area (Å²) in [6.45, 7) is 5.26. The lowest BCUT2D eigenvalue weighted by molar-refractivity contribution is -0.144. The van der Waals surface area contributed by atoms with E-state index >= 15 is 0 Å². The Hall–Kier alpha value is -3.42. The van der Waals surface area contributed by atoms with Crippen LogP contribution >= 0.6 is 0 Å². The molecule has 5 aromatic rings. The van der Waals surface area contributed by atoms with E-state index in [1.165, 1.54) is 6.07 Å². The first-order valence-corrected chi connectivity index (χ1v) is 9.54. The molecule has 3 aromatic heterocycles. The van der Waals surface area contributed by atoms with Crippen molar-refractivity contribution in [2.75, 3.05) is 0 Å². The van der Waals surface area contributed by atoms with E-state index in [9.17, 15) is 13.2 Å². The zero-order valence-electron chi connectivity index (χ0n) is 18.8. The fraction of sp³-hybridized carbons (Fsp3) is 0.261. The van der Waals surface area contributed by atoms with Gasteiger partial charge in [-0.25, -0.2) is 15.0 Å². The number of benzene rings is 2. The first-order valence-electron chi connectivity index (χ1n) is 10.5. The van der Waals surface area contributed by atoms with E-state index < -0.39 is 23.8 Å². The number of rotatable bonds is 2. The summed E-state index contributed by atoms with van der Waals surface area (Å²) in [6.07, 6.45) is -5.46. The SMILES string of the molecule is [2H]C([2H])(c1nc2ccc3c4cccc(-c5ccnc(C(F)(F)F)n5)c4oc3c2o1)C(C)(C)C. The summed E-state index contributed by atoms with van der Waals surface area (Å²) in [5.41, 5.74) is 1.04. The minimum atomic E-state index is -4.67. The predicted molar refractivity (Wildman–Crippen MR) is 110 cm³/mol. The van der Waals surface area contributed by atoms with Crippen molar-refractivity contribution >= 4 is 33.0 Å². The predicted octanol–water partition coefficient (Wildman–Crippen LogP) is 6.79. The standard InChI is InChI=1S/C23H18F3N3O2/c1-22(2,3)11-17-28-16-8-7-13-12-5-4-6-14(18(12)31-19(13)20(16)30-17)15-9-10-27-21(29-15)23(24,25)26/h4-10H,11H2,1-3H3/i11D2. The second-order valence-electron chi connectivity index (χ2n) is 8.23. The molecule has 0 atom stereocenters. The van der Waals surface area contributed by atoms with Crippen LogP contribution in [-0.4, -0.2) is 15.0 Å². The van der Waals surface area contributed by atoms with Crippen LogP contribution in [0.25, 0.3) is 44.3 Å². The molecule has 3 heterocycles.